The molecule has 0 saturated carbocycles. The second-order valence-corrected chi connectivity index (χ2v) is 3.93. The molecule has 2 rings (SSSR count). The van der Waals surface area contributed by atoms with Gasteiger partial charge < -0.3 is 9.84 Å². The van der Waals surface area contributed by atoms with Crippen molar-refractivity contribution >= 4 is 16.9 Å². The van der Waals surface area contributed by atoms with E-state index in [1.807, 2.05) is 0 Å². The van der Waals surface area contributed by atoms with E-state index in [-0.39, 0.29) is 6.61 Å². The van der Waals surface area contributed by atoms with Gasteiger partial charge >= 0.3 is 5.97 Å². The molecule has 0 aliphatic heterocycles. The van der Waals surface area contributed by atoms with Gasteiger partial charge in [-0.2, -0.15) is 0 Å². The highest BCUT2D eigenvalue weighted by Gasteiger charge is 2.13. The van der Waals surface area contributed by atoms with Gasteiger partial charge in [0.1, 0.15) is 5.82 Å². The largest absolute Gasteiger partial charge is 0.479 e. The minimum Gasteiger partial charge on any atom is -0.479 e. The summed E-state index contributed by atoms with van der Waals surface area (Å²) in [6.45, 7) is 1.44. The van der Waals surface area contributed by atoms with Crippen molar-refractivity contribution in [3.63, 3.8) is 0 Å². The first-order chi connectivity index (χ1) is 8.58. The molecular weight excluding hydrogens is 237 g/mol. The first-order valence-electron chi connectivity index (χ1n) is 5.45. The van der Waals surface area contributed by atoms with Crippen LogP contribution in [0, 0.1) is 5.82 Å². The van der Waals surface area contributed by atoms with Gasteiger partial charge in [0.15, 0.2) is 6.10 Å². The number of benzene rings is 1. The third kappa shape index (κ3) is 2.62. The molecule has 1 N–H and O–H groups in total. The zero-order valence-corrected chi connectivity index (χ0v) is 9.76. The number of ether oxygens (including phenoxy) is 1. The van der Waals surface area contributed by atoms with Crippen LogP contribution in [0.25, 0.3) is 10.9 Å². The van der Waals surface area contributed by atoms with Crippen molar-refractivity contribution in [2.24, 2.45) is 0 Å². The number of carboxylic acids is 1. The standard InChI is InChI=1S/C13H12FNO3/c1-8(13(16)17)18-7-10-6-11(14)5-9-3-2-4-15-12(9)10/h2-6,8H,7H2,1H3,(H,16,17)/t8-/m0/s1. The number of pyridine rings is 1. The lowest BCUT2D eigenvalue weighted by Crippen LogP contribution is -2.19. The van der Waals surface area contributed by atoms with E-state index in [0.717, 1.165) is 0 Å². The van der Waals surface area contributed by atoms with Gasteiger partial charge in [0.25, 0.3) is 0 Å². The number of aliphatic carboxylic acids is 1. The summed E-state index contributed by atoms with van der Waals surface area (Å²) in [6.07, 6.45) is 0.664. The zero-order chi connectivity index (χ0) is 13.1. The number of hydrogen-bond donors (Lipinski definition) is 1. The summed E-state index contributed by atoms with van der Waals surface area (Å²) in [5.41, 5.74) is 1.16. The fraction of sp³-hybridized carbons (Fsp3) is 0.231. The number of halogens is 1. The normalized spacial score (nSPS) is 12.6. The van der Waals surface area contributed by atoms with E-state index in [9.17, 15) is 9.18 Å². The number of carboxylic acid groups (broad SMARTS) is 1. The number of aromatic nitrogens is 1. The molecule has 1 heterocycles. The van der Waals surface area contributed by atoms with E-state index in [4.69, 9.17) is 9.84 Å². The molecule has 2 aromatic rings. The quantitative estimate of drug-likeness (QED) is 0.903. The molecule has 0 spiro atoms. The Bertz CT molecular complexity index is 585. The summed E-state index contributed by atoms with van der Waals surface area (Å²) in [5, 5.41) is 9.38. The zero-order valence-electron chi connectivity index (χ0n) is 9.76. The van der Waals surface area contributed by atoms with Gasteiger partial charge in [-0.3, -0.25) is 4.98 Å². The van der Waals surface area contributed by atoms with E-state index in [1.165, 1.54) is 19.1 Å². The summed E-state index contributed by atoms with van der Waals surface area (Å²) >= 11 is 0. The van der Waals surface area contributed by atoms with Gasteiger partial charge in [0.2, 0.25) is 0 Å². The Morgan fingerprint density at radius 3 is 3.06 bits per heavy atom. The molecule has 0 unspecified atom stereocenters. The second-order valence-electron chi connectivity index (χ2n) is 3.93. The van der Waals surface area contributed by atoms with Gasteiger partial charge in [-0.25, -0.2) is 9.18 Å². The SMILES string of the molecule is C[C@H](OCc1cc(F)cc2cccnc12)C(=O)O. The third-order valence-corrected chi connectivity index (χ3v) is 2.59. The lowest BCUT2D eigenvalue weighted by Gasteiger charge is -2.10. The number of hydrogen-bond acceptors (Lipinski definition) is 3. The van der Waals surface area contributed by atoms with Crippen LogP contribution >= 0.6 is 0 Å². The van der Waals surface area contributed by atoms with Crippen LogP contribution < -0.4 is 0 Å². The average molecular weight is 249 g/mol. The van der Waals surface area contributed by atoms with E-state index < -0.39 is 17.9 Å². The van der Waals surface area contributed by atoms with Crippen molar-refractivity contribution in [3.05, 3.63) is 41.8 Å². The predicted molar refractivity (Wildman–Crippen MR) is 63.6 cm³/mol. The minimum atomic E-state index is -1.05. The van der Waals surface area contributed by atoms with Gasteiger partial charge in [-0.05, 0) is 25.1 Å². The molecule has 0 fully saturated rings. The molecule has 94 valence electrons. The molecule has 5 heteroatoms. The van der Waals surface area contributed by atoms with Crippen molar-refractivity contribution in [2.45, 2.75) is 19.6 Å². The Kier molecular flexibility index (Phi) is 3.53. The molecule has 0 saturated heterocycles. The highest BCUT2D eigenvalue weighted by atomic mass is 19.1. The summed E-state index contributed by atoms with van der Waals surface area (Å²) in [7, 11) is 0. The molecule has 1 aromatic heterocycles. The molecule has 0 aliphatic rings. The third-order valence-electron chi connectivity index (χ3n) is 2.59. The topological polar surface area (TPSA) is 59.4 Å². The van der Waals surface area contributed by atoms with Crippen LogP contribution in [0.2, 0.25) is 0 Å². The maximum absolute atomic E-state index is 13.4. The second kappa shape index (κ2) is 5.10. The fourth-order valence-corrected chi connectivity index (χ4v) is 1.62. The molecule has 0 bridgehead atoms. The molecule has 4 nitrogen and oxygen atoms in total. The Balaban J connectivity index is 2.29. The van der Waals surface area contributed by atoms with Gasteiger partial charge in [0, 0.05) is 17.1 Å². The van der Waals surface area contributed by atoms with Gasteiger partial charge in [0.05, 0.1) is 12.1 Å². The summed E-state index contributed by atoms with van der Waals surface area (Å²) in [5.74, 6) is -1.44. The van der Waals surface area contributed by atoms with E-state index >= 15 is 0 Å². The summed E-state index contributed by atoms with van der Waals surface area (Å²) in [4.78, 5) is 14.8. The molecule has 0 amide bonds. The van der Waals surface area contributed by atoms with Crippen molar-refractivity contribution < 1.29 is 19.0 Å². The minimum absolute atomic E-state index is 0.0126. The smallest absolute Gasteiger partial charge is 0.332 e. The maximum atomic E-state index is 13.4. The average Bonchev–Trinajstić information content (AvgIpc) is 2.35. The van der Waals surface area contributed by atoms with Gasteiger partial charge in [-0.15, -0.1) is 0 Å². The van der Waals surface area contributed by atoms with Crippen LogP contribution in [0.4, 0.5) is 4.39 Å². The molecule has 1 atom stereocenters. The number of nitrogens with zero attached hydrogens (tertiary/aromatic N) is 1. The van der Waals surface area contributed by atoms with Crippen LogP contribution in [0.3, 0.4) is 0 Å². The highest BCUT2D eigenvalue weighted by molar-refractivity contribution is 5.81. The lowest BCUT2D eigenvalue weighted by atomic mass is 10.1. The maximum Gasteiger partial charge on any atom is 0.332 e. The molecule has 18 heavy (non-hydrogen) atoms. The highest BCUT2D eigenvalue weighted by Crippen LogP contribution is 2.19. The van der Waals surface area contributed by atoms with E-state index in [2.05, 4.69) is 4.98 Å². The van der Waals surface area contributed by atoms with Crippen molar-refractivity contribution in [2.75, 3.05) is 0 Å². The summed E-state index contributed by atoms with van der Waals surface area (Å²) in [6, 6.07) is 6.15. The van der Waals surface area contributed by atoms with Crippen molar-refractivity contribution in [3.8, 4) is 0 Å². The van der Waals surface area contributed by atoms with Crippen molar-refractivity contribution in [1.82, 2.24) is 4.98 Å². The Labute approximate surface area is 103 Å². The first kappa shape index (κ1) is 12.4. The molecule has 0 radical (unpaired) electrons. The van der Waals surface area contributed by atoms with Crippen LogP contribution in [0.1, 0.15) is 12.5 Å². The fourth-order valence-electron chi connectivity index (χ4n) is 1.62. The number of fused-ring (bicyclic) bond motifs is 1. The summed E-state index contributed by atoms with van der Waals surface area (Å²) < 4.78 is 18.5. The lowest BCUT2D eigenvalue weighted by molar-refractivity contribution is -0.149. The number of rotatable bonds is 4. The Hall–Kier alpha value is -2.01. The molecule has 1 aromatic carbocycles. The molecule has 0 aliphatic carbocycles. The van der Waals surface area contributed by atoms with Crippen molar-refractivity contribution in [1.29, 1.82) is 0 Å². The van der Waals surface area contributed by atoms with Crippen LogP contribution in [0.5, 0.6) is 0 Å². The van der Waals surface area contributed by atoms with Crippen LogP contribution in [-0.2, 0) is 16.1 Å². The molecular formula is C13H12FNO3. The van der Waals surface area contributed by atoms with Gasteiger partial charge in [-0.1, -0.05) is 6.07 Å². The monoisotopic (exact) mass is 249 g/mol. The van der Waals surface area contributed by atoms with E-state index in [0.29, 0.717) is 16.5 Å². The van der Waals surface area contributed by atoms with Crippen LogP contribution in [0.15, 0.2) is 30.5 Å². The number of carbonyl (C=O) groups is 1. The first-order valence-corrected chi connectivity index (χ1v) is 5.45. The van der Waals surface area contributed by atoms with Crippen LogP contribution in [-0.4, -0.2) is 22.2 Å². The Morgan fingerprint density at radius 2 is 2.33 bits per heavy atom. The van der Waals surface area contributed by atoms with E-state index in [1.54, 1.807) is 18.3 Å². The Morgan fingerprint density at radius 1 is 1.56 bits per heavy atom. The predicted octanol–water partition coefficient (Wildman–Crippen LogP) is 2.36.